The van der Waals surface area contributed by atoms with E-state index >= 15 is 0 Å². The molecule has 20 heavy (non-hydrogen) atoms. The summed E-state index contributed by atoms with van der Waals surface area (Å²) in [6.07, 6.45) is -0.958. The Hall–Kier alpha value is -0.280. The van der Waals surface area contributed by atoms with E-state index in [1.54, 1.807) is 0 Å². The van der Waals surface area contributed by atoms with Crippen molar-refractivity contribution >= 4 is 0 Å². The molecule has 120 valence electrons. The first-order chi connectivity index (χ1) is 9.61. The van der Waals surface area contributed by atoms with Crippen molar-refractivity contribution in [3.05, 3.63) is 0 Å². The highest BCUT2D eigenvalue weighted by Crippen LogP contribution is 2.22. The van der Waals surface area contributed by atoms with Crippen LogP contribution in [0.3, 0.4) is 0 Å². The maximum absolute atomic E-state index is 9.74. The van der Waals surface area contributed by atoms with E-state index in [-0.39, 0.29) is 0 Å². The molecule has 1 fully saturated rings. The van der Waals surface area contributed by atoms with Crippen LogP contribution in [-0.4, -0.2) is 70.9 Å². The average molecular weight is 293 g/mol. The molecule has 1 aliphatic heterocycles. The Kier molecular flexibility index (Phi) is 8.55. The largest absolute Gasteiger partial charge is 0.394 e. The highest BCUT2D eigenvalue weighted by atomic mass is 16.7. The third-order valence-electron chi connectivity index (χ3n) is 3.48. The van der Waals surface area contributed by atoms with Crippen LogP contribution in [0.15, 0.2) is 0 Å². The van der Waals surface area contributed by atoms with Gasteiger partial charge in [-0.05, 0) is 19.4 Å². The molecule has 7 nitrogen and oxygen atoms in total. The van der Waals surface area contributed by atoms with Crippen molar-refractivity contribution in [3.8, 4) is 0 Å². The van der Waals surface area contributed by atoms with Crippen LogP contribution in [-0.2, 0) is 9.47 Å². The van der Waals surface area contributed by atoms with Gasteiger partial charge in [-0.3, -0.25) is 0 Å². The van der Waals surface area contributed by atoms with Gasteiger partial charge in [-0.1, -0.05) is 19.3 Å². The lowest BCUT2D eigenvalue weighted by molar-refractivity contribution is -0.301. The predicted molar refractivity (Wildman–Crippen MR) is 71.9 cm³/mol. The second-order valence-corrected chi connectivity index (χ2v) is 5.12. The van der Waals surface area contributed by atoms with Crippen LogP contribution in [0.1, 0.15) is 32.1 Å². The molecule has 0 aromatic rings. The number of hydrogen-bond donors (Lipinski definition) is 5. The maximum atomic E-state index is 9.74. The van der Waals surface area contributed by atoms with Crippen molar-refractivity contribution < 1.29 is 29.9 Å². The molecule has 0 amide bonds. The molecule has 0 bridgehead atoms. The van der Waals surface area contributed by atoms with E-state index in [0.29, 0.717) is 13.2 Å². The molecule has 0 aromatic carbocycles. The summed E-state index contributed by atoms with van der Waals surface area (Å²) in [5.74, 6) is 0. The van der Waals surface area contributed by atoms with Crippen LogP contribution < -0.4 is 5.73 Å². The molecule has 5 atom stereocenters. The molecule has 0 radical (unpaired) electrons. The average Bonchev–Trinajstić information content (AvgIpc) is 2.46. The van der Waals surface area contributed by atoms with Crippen molar-refractivity contribution in [2.75, 3.05) is 19.8 Å². The van der Waals surface area contributed by atoms with E-state index in [1.807, 2.05) is 0 Å². The number of rotatable bonds is 9. The van der Waals surface area contributed by atoms with Crippen molar-refractivity contribution in [1.82, 2.24) is 0 Å². The normalized spacial score (nSPS) is 34.4. The van der Waals surface area contributed by atoms with Gasteiger partial charge in [0.2, 0.25) is 0 Å². The zero-order chi connectivity index (χ0) is 15.0. The van der Waals surface area contributed by atoms with Crippen molar-refractivity contribution in [1.29, 1.82) is 0 Å². The number of ether oxygens (including phenoxy) is 2. The van der Waals surface area contributed by atoms with Crippen LogP contribution in [0.5, 0.6) is 0 Å². The van der Waals surface area contributed by atoms with E-state index in [0.717, 1.165) is 32.1 Å². The minimum atomic E-state index is -1.38. The fourth-order valence-electron chi connectivity index (χ4n) is 2.18. The van der Waals surface area contributed by atoms with Gasteiger partial charge in [0.25, 0.3) is 0 Å². The van der Waals surface area contributed by atoms with Gasteiger partial charge >= 0.3 is 0 Å². The van der Waals surface area contributed by atoms with Gasteiger partial charge in [0.05, 0.1) is 6.61 Å². The van der Waals surface area contributed by atoms with Crippen LogP contribution in [0.25, 0.3) is 0 Å². The van der Waals surface area contributed by atoms with E-state index < -0.39 is 37.3 Å². The van der Waals surface area contributed by atoms with Gasteiger partial charge in [0.1, 0.15) is 24.4 Å². The van der Waals surface area contributed by atoms with Crippen LogP contribution in [0.4, 0.5) is 0 Å². The van der Waals surface area contributed by atoms with Crippen molar-refractivity contribution in [2.24, 2.45) is 5.73 Å². The Labute approximate surface area is 119 Å². The molecule has 7 heteroatoms. The number of nitrogens with two attached hydrogens (primary N) is 1. The summed E-state index contributed by atoms with van der Waals surface area (Å²) in [7, 11) is 0. The number of unbranched alkanes of at least 4 members (excludes halogenated alkanes) is 4. The third-order valence-corrected chi connectivity index (χ3v) is 3.48. The lowest BCUT2D eigenvalue weighted by Gasteiger charge is -2.39. The van der Waals surface area contributed by atoms with Crippen molar-refractivity contribution in [3.63, 3.8) is 0 Å². The quantitative estimate of drug-likeness (QED) is 0.335. The Morgan fingerprint density at radius 2 is 1.55 bits per heavy atom. The molecular formula is C13H27NO6. The molecule has 0 saturated carbocycles. The van der Waals surface area contributed by atoms with Crippen LogP contribution in [0.2, 0.25) is 0 Å². The summed E-state index contributed by atoms with van der Waals surface area (Å²) in [4.78, 5) is 0. The summed E-state index contributed by atoms with van der Waals surface area (Å²) in [6.45, 7) is 0.663. The molecular weight excluding hydrogens is 266 g/mol. The summed E-state index contributed by atoms with van der Waals surface area (Å²) in [5.41, 5.74) is 5.40. The van der Waals surface area contributed by atoms with E-state index in [4.69, 9.17) is 20.3 Å². The van der Waals surface area contributed by atoms with Crippen LogP contribution in [0, 0.1) is 0 Å². The second kappa shape index (κ2) is 9.62. The zero-order valence-corrected chi connectivity index (χ0v) is 11.7. The van der Waals surface area contributed by atoms with Gasteiger partial charge in [-0.25, -0.2) is 0 Å². The number of aliphatic hydroxyl groups is 4. The highest BCUT2D eigenvalue weighted by Gasteiger charge is 2.43. The molecule has 0 aliphatic carbocycles. The monoisotopic (exact) mass is 293 g/mol. The first kappa shape index (κ1) is 17.8. The first-order valence-corrected chi connectivity index (χ1v) is 7.24. The van der Waals surface area contributed by atoms with E-state index in [9.17, 15) is 15.3 Å². The fraction of sp³-hybridized carbons (Fsp3) is 1.00. The van der Waals surface area contributed by atoms with Gasteiger partial charge in [0.15, 0.2) is 6.29 Å². The Balaban J connectivity index is 2.21. The smallest absolute Gasteiger partial charge is 0.186 e. The van der Waals surface area contributed by atoms with Gasteiger partial charge < -0.3 is 35.6 Å². The number of aliphatic hydroxyl groups excluding tert-OH is 4. The molecule has 0 unspecified atom stereocenters. The Bertz CT molecular complexity index is 253. The predicted octanol–water partition coefficient (Wildman–Crippen LogP) is -1.29. The highest BCUT2D eigenvalue weighted by molar-refractivity contribution is 4.88. The molecule has 1 saturated heterocycles. The molecule has 0 aromatic heterocycles. The van der Waals surface area contributed by atoms with Crippen molar-refractivity contribution in [2.45, 2.75) is 62.8 Å². The van der Waals surface area contributed by atoms with Gasteiger partial charge in [-0.2, -0.15) is 0 Å². The first-order valence-electron chi connectivity index (χ1n) is 7.24. The lowest BCUT2D eigenvalue weighted by Crippen LogP contribution is -2.59. The second-order valence-electron chi connectivity index (χ2n) is 5.12. The number of hydrogen-bond acceptors (Lipinski definition) is 7. The molecule has 1 rings (SSSR count). The van der Waals surface area contributed by atoms with E-state index in [1.165, 1.54) is 0 Å². The summed E-state index contributed by atoms with van der Waals surface area (Å²) in [5, 5.41) is 38.0. The Morgan fingerprint density at radius 3 is 2.20 bits per heavy atom. The lowest BCUT2D eigenvalue weighted by atomic mass is 9.99. The molecule has 1 heterocycles. The third kappa shape index (κ3) is 5.25. The topological polar surface area (TPSA) is 125 Å². The summed E-state index contributed by atoms with van der Waals surface area (Å²) in [6, 6.07) is 0. The Morgan fingerprint density at radius 1 is 0.900 bits per heavy atom. The SMILES string of the molecule is NCCCCCCCO[C@H]1O[C@H](CO)[C@@H](O)[C@H](O)[C@@H]1O. The zero-order valence-electron chi connectivity index (χ0n) is 11.7. The van der Waals surface area contributed by atoms with Gasteiger partial charge in [0, 0.05) is 6.61 Å². The van der Waals surface area contributed by atoms with E-state index in [2.05, 4.69) is 0 Å². The minimum absolute atomic E-state index is 0.394. The minimum Gasteiger partial charge on any atom is -0.394 e. The maximum Gasteiger partial charge on any atom is 0.186 e. The summed E-state index contributed by atoms with van der Waals surface area (Å²) >= 11 is 0. The summed E-state index contributed by atoms with van der Waals surface area (Å²) < 4.78 is 10.6. The standard InChI is InChI=1S/C13H27NO6/c14-6-4-2-1-3-5-7-19-13-12(18)11(17)10(16)9(8-15)20-13/h9-13,15-18H,1-8,14H2/t9-,10-,11+,12+,13+/m1/s1. The fourth-order valence-corrected chi connectivity index (χ4v) is 2.18. The molecule has 0 spiro atoms. The van der Waals surface area contributed by atoms with Crippen LogP contribution >= 0.6 is 0 Å². The molecule has 6 N–H and O–H groups in total. The van der Waals surface area contributed by atoms with Gasteiger partial charge in [-0.15, -0.1) is 0 Å². The molecule has 1 aliphatic rings.